The van der Waals surface area contributed by atoms with Gasteiger partial charge >= 0.3 is 0 Å². The van der Waals surface area contributed by atoms with Crippen LogP contribution in [0.4, 0.5) is 5.69 Å². The van der Waals surface area contributed by atoms with Crippen molar-refractivity contribution in [2.75, 3.05) is 18.0 Å². The Bertz CT molecular complexity index is 761. The van der Waals surface area contributed by atoms with Crippen LogP contribution in [0, 0.1) is 6.92 Å². The molecule has 0 heterocycles. The Labute approximate surface area is 157 Å². The minimum Gasteiger partial charge on any atom is -0.354 e. The molecule has 0 aliphatic rings. The van der Waals surface area contributed by atoms with Crippen LogP contribution in [-0.4, -0.2) is 24.9 Å². The SMILES string of the molecule is CC(=O)N(CC(=O)NCCc1ccc(Cl)cc1)c1ccc(Cl)cc1C. The van der Waals surface area contributed by atoms with Crippen molar-refractivity contribution in [2.45, 2.75) is 20.3 Å². The maximum Gasteiger partial charge on any atom is 0.240 e. The van der Waals surface area contributed by atoms with Crippen LogP contribution in [0.3, 0.4) is 0 Å². The van der Waals surface area contributed by atoms with Crippen LogP contribution in [0.25, 0.3) is 0 Å². The Kier molecular flexibility index (Phi) is 6.85. The zero-order valence-corrected chi connectivity index (χ0v) is 15.7. The maximum absolute atomic E-state index is 12.2. The first kappa shape index (κ1) is 19.3. The molecule has 1 N–H and O–H groups in total. The van der Waals surface area contributed by atoms with Gasteiger partial charge < -0.3 is 10.2 Å². The van der Waals surface area contributed by atoms with Gasteiger partial charge in [-0.05, 0) is 54.8 Å². The number of carbonyl (C=O) groups is 2. The van der Waals surface area contributed by atoms with Crippen molar-refractivity contribution in [1.29, 1.82) is 0 Å². The van der Waals surface area contributed by atoms with Gasteiger partial charge in [0.1, 0.15) is 6.54 Å². The zero-order valence-electron chi connectivity index (χ0n) is 14.2. The third-order valence-electron chi connectivity index (χ3n) is 3.78. The number of benzene rings is 2. The van der Waals surface area contributed by atoms with Crippen molar-refractivity contribution in [2.24, 2.45) is 0 Å². The molecule has 0 aliphatic carbocycles. The molecule has 6 heteroatoms. The lowest BCUT2D eigenvalue weighted by molar-refractivity contribution is -0.123. The molecule has 132 valence electrons. The van der Waals surface area contributed by atoms with E-state index in [4.69, 9.17) is 23.2 Å². The lowest BCUT2D eigenvalue weighted by Gasteiger charge is -2.22. The molecule has 0 atom stereocenters. The van der Waals surface area contributed by atoms with E-state index in [0.717, 1.165) is 11.1 Å². The fraction of sp³-hybridized carbons (Fsp3) is 0.263. The molecule has 2 aromatic rings. The van der Waals surface area contributed by atoms with Gasteiger partial charge in [0.2, 0.25) is 11.8 Å². The maximum atomic E-state index is 12.2. The fourth-order valence-electron chi connectivity index (χ4n) is 2.48. The number of aryl methyl sites for hydroxylation is 1. The van der Waals surface area contributed by atoms with Gasteiger partial charge in [0.05, 0.1) is 0 Å². The van der Waals surface area contributed by atoms with Gasteiger partial charge in [-0.1, -0.05) is 35.3 Å². The average Bonchev–Trinajstić information content (AvgIpc) is 2.55. The number of halogens is 2. The van der Waals surface area contributed by atoms with Gasteiger partial charge in [-0.2, -0.15) is 0 Å². The smallest absolute Gasteiger partial charge is 0.240 e. The Morgan fingerprint density at radius 2 is 1.68 bits per heavy atom. The van der Waals surface area contributed by atoms with Crippen LogP contribution >= 0.6 is 23.2 Å². The number of nitrogens with zero attached hydrogens (tertiary/aromatic N) is 1. The number of rotatable bonds is 6. The molecule has 2 rings (SSSR count). The van der Waals surface area contributed by atoms with E-state index in [1.165, 1.54) is 11.8 Å². The molecule has 25 heavy (non-hydrogen) atoms. The van der Waals surface area contributed by atoms with Gasteiger partial charge in [-0.3, -0.25) is 9.59 Å². The summed E-state index contributed by atoms with van der Waals surface area (Å²) in [6.07, 6.45) is 0.697. The first-order valence-electron chi connectivity index (χ1n) is 7.92. The molecular formula is C19H20Cl2N2O2. The van der Waals surface area contributed by atoms with Gasteiger partial charge in [-0.15, -0.1) is 0 Å². The minimum atomic E-state index is -0.210. The van der Waals surface area contributed by atoms with Crippen LogP contribution in [0.1, 0.15) is 18.1 Å². The second kappa shape index (κ2) is 8.88. The molecule has 0 aliphatic heterocycles. The van der Waals surface area contributed by atoms with E-state index >= 15 is 0 Å². The highest BCUT2D eigenvalue weighted by Gasteiger charge is 2.17. The molecular weight excluding hydrogens is 359 g/mol. The number of hydrogen-bond donors (Lipinski definition) is 1. The molecule has 2 aromatic carbocycles. The van der Waals surface area contributed by atoms with Crippen LogP contribution < -0.4 is 10.2 Å². The first-order valence-corrected chi connectivity index (χ1v) is 8.68. The second-order valence-corrected chi connectivity index (χ2v) is 6.64. The summed E-state index contributed by atoms with van der Waals surface area (Å²) >= 11 is 11.8. The summed E-state index contributed by atoms with van der Waals surface area (Å²) < 4.78 is 0. The molecule has 0 radical (unpaired) electrons. The van der Waals surface area contributed by atoms with Crippen molar-refractivity contribution < 1.29 is 9.59 Å². The Hall–Kier alpha value is -2.04. The summed E-state index contributed by atoms with van der Waals surface area (Å²) in [5.74, 6) is -0.406. The molecule has 0 bridgehead atoms. The average molecular weight is 379 g/mol. The number of hydrogen-bond acceptors (Lipinski definition) is 2. The highest BCUT2D eigenvalue weighted by molar-refractivity contribution is 6.31. The van der Waals surface area contributed by atoms with Crippen LogP contribution in [0.2, 0.25) is 10.0 Å². The quantitative estimate of drug-likeness (QED) is 0.825. The van der Waals surface area contributed by atoms with E-state index in [1.54, 1.807) is 18.2 Å². The summed E-state index contributed by atoms with van der Waals surface area (Å²) in [6, 6.07) is 12.7. The third-order valence-corrected chi connectivity index (χ3v) is 4.27. The van der Waals surface area contributed by atoms with Gasteiger partial charge in [-0.25, -0.2) is 0 Å². The molecule has 2 amide bonds. The molecule has 0 saturated heterocycles. The molecule has 4 nitrogen and oxygen atoms in total. The summed E-state index contributed by atoms with van der Waals surface area (Å²) in [6.45, 7) is 3.76. The molecule has 0 spiro atoms. The number of carbonyl (C=O) groups excluding carboxylic acids is 2. The van der Waals surface area contributed by atoms with Crippen LogP contribution in [0.15, 0.2) is 42.5 Å². The Morgan fingerprint density at radius 3 is 2.28 bits per heavy atom. The molecule has 0 aromatic heterocycles. The number of amides is 2. The lowest BCUT2D eigenvalue weighted by Crippen LogP contribution is -2.40. The Balaban J connectivity index is 1.94. The number of nitrogens with one attached hydrogen (secondary N) is 1. The third kappa shape index (κ3) is 5.76. The van der Waals surface area contributed by atoms with E-state index in [9.17, 15) is 9.59 Å². The van der Waals surface area contributed by atoms with Gasteiger partial charge in [0, 0.05) is 29.2 Å². The van der Waals surface area contributed by atoms with Crippen molar-refractivity contribution >= 4 is 40.7 Å². The summed E-state index contributed by atoms with van der Waals surface area (Å²) in [4.78, 5) is 25.6. The minimum absolute atomic E-state index is 0.0293. The lowest BCUT2D eigenvalue weighted by atomic mass is 10.1. The number of anilines is 1. The van der Waals surface area contributed by atoms with E-state index in [2.05, 4.69) is 5.32 Å². The summed E-state index contributed by atoms with van der Waals surface area (Å²) in [5.41, 5.74) is 2.61. The largest absolute Gasteiger partial charge is 0.354 e. The second-order valence-electron chi connectivity index (χ2n) is 5.76. The predicted octanol–water partition coefficient (Wildman–Crippen LogP) is 4.01. The molecule has 0 fully saturated rings. The zero-order chi connectivity index (χ0) is 18.4. The van der Waals surface area contributed by atoms with E-state index in [1.807, 2.05) is 31.2 Å². The monoisotopic (exact) mass is 378 g/mol. The molecule has 0 unspecified atom stereocenters. The summed E-state index contributed by atoms with van der Waals surface area (Å²) in [5, 5.41) is 4.12. The van der Waals surface area contributed by atoms with E-state index in [-0.39, 0.29) is 18.4 Å². The molecule has 0 saturated carbocycles. The van der Waals surface area contributed by atoms with Crippen molar-refractivity contribution in [3.05, 3.63) is 63.6 Å². The van der Waals surface area contributed by atoms with Crippen LogP contribution in [0.5, 0.6) is 0 Å². The standard InChI is InChI=1S/C19H20Cl2N2O2/c1-13-11-17(21)7-8-18(13)23(14(2)24)12-19(25)22-10-9-15-3-5-16(20)6-4-15/h3-8,11H,9-10,12H2,1-2H3,(H,22,25). The van der Waals surface area contributed by atoms with Gasteiger partial charge in [0.15, 0.2) is 0 Å². The fourth-order valence-corrected chi connectivity index (χ4v) is 2.84. The van der Waals surface area contributed by atoms with Crippen LogP contribution in [-0.2, 0) is 16.0 Å². The van der Waals surface area contributed by atoms with Crippen molar-refractivity contribution in [3.8, 4) is 0 Å². The highest BCUT2D eigenvalue weighted by atomic mass is 35.5. The highest BCUT2D eigenvalue weighted by Crippen LogP contribution is 2.23. The van der Waals surface area contributed by atoms with Crippen molar-refractivity contribution in [3.63, 3.8) is 0 Å². The van der Waals surface area contributed by atoms with Crippen molar-refractivity contribution in [1.82, 2.24) is 5.32 Å². The topological polar surface area (TPSA) is 49.4 Å². The van der Waals surface area contributed by atoms with E-state index in [0.29, 0.717) is 28.7 Å². The predicted molar refractivity (Wildman–Crippen MR) is 102 cm³/mol. The normalized spacial score (nSPS) is 10.4. The summed E-state index contributed by atoms with van der Waals surface area (Å²) in [7, 11) is 0. The first-order chi connectivity index (χ1) is 11.9. The Morgan fingerprint density at radius 1 is 1.04 bits per heavy atom. The van der Waals surface area contributed by atoms with E-state index < -0.39 is 0 Å². The van der Waals surface area contributed by atoms with Gasteiger partial charge in [0.25, 0.3) is 0 Å².